The summed E-state index contributed by atoms with van der Waals surface area (Å²) < 4.78 is 22.7. The van der Waals surface area contributed by atoms with Crippen molar-refractivity contribution in [1.29, 1.82) is 0 Å². The summed E-state index contributed by atoms with van der Waals surface area (Å²) in [6.07, 6.45) is 3.19. The Labute approximate surface area is 183 Å². The molecule has 168 valence electrons. The maximum atomic E-state index is 13.7. The molecule has 4 rings (SSSR count). The summed E-state index contributed by atoms with van der Waals surface area (Å²) in [5, 5.41) is 0. The highest BCUT2D eigenvalue weighted by Crippen LogP contribution is 2.50. The first-order valence-corrected chi connectivity index (χ1v) is 11.0. The van der Waals surface area contributed by atoms with Gasteiger partial charge in [-0.1, -0.05) is 13.8 Å². The summed E-state index contributed by atoms with van der Waals surface area (Å²) >= 11 is 0. The van der Waals surface area contributed by atoms with Crippen molar-refractivity contribution in [2.24, 2.45) is 11.8 Å². The van der Waals surface area contributed by atoms with Crippen molar-refractivity contribution in [3.8, 4) is 17.2 Å². The molecule has 1 fully saturated rings. The van der Waals surface area contributed by atoms with Gasteiger partial charge in [0.15, 0.2) is 23.0 Å². The fourth-order valence-corrected chi connectivity index (χ4v) is 5.20. The second-order valence-corrected chi connectivity index (χ2v) is 8.65. The molecule has 31 heavy (non-hydrogen) atoms. The number of nitrogens with zero attached hydrogens (tertiary/aromatic N) is 1. The Kier molecular flexibility index (Phi) is 5.86. The zero-order valence-corrected chi connectivity index (χ0v) is 18.9. The van der Waals surface area contributed by atoms with E-state index in [0.717, 1.165) is 31.2 Å². The minimum absolute atomic E-state index is 0.0449. The van der Waals surface area contributed by atoms with E-state index in [0.29, 0.717) is 35.3 Å². The number of methoxy groups -OCH3 is 3. The SMILES string of the molecule is CCCN1C(=O)C2=C(C(=O)C3CC(C)CCC3O2)C1c1cc(OC)c(OC)c(OC)c1. The van der Waals surface area contributed by atoms with E-state index in [4.69, 9.17) is 18.9 Å². The van der Waals surface area contributed by atoms with Crippen molar-refractivity contribution in [3.63, 3.8) is 0 Å². The Morgan fingerprint density at radius 2 is 1.74 bits per heavy atom. The van der Waals surface area contributed by atoms with Crippen LogP contribution in [0.15, 0.2) is 23.5 Å². The summed E-state index contributed by atoms with van der Waals surface area (Å²) in [6, 6.07) is 3.11. The van der Waals surface area contributed by atoms with Crippen molar-refractivity contribution < 1.29 is 28.5 Å². The molecule has 1 saturated carbocycles. The molecule has 1 amide bonds. The van der Waals surface area contributed by atoms with Crippen LogP contribution in [-0.4, -0.2) is 50.6 Å². The van der Waals surface area contributed by atoms with Crippen molar-refractivity contribution in [2.75, 3.05) is 27.9 Å². The molecule has 2 aliphatic heterocycles. The van der Waals surface area contributed by atoms with Gasteiger partial charge in [-0.25, -0.2) is 0 Å². The first kappa shape index (κ1) is 21.5. The molecule has 4 unspecified atom stereocenters. The fraction of sp³-hybridized carbons (Fsp3) is 0.583. The molecule has 2 heterocycles. The maximum Gasteiger partial charge on any atom is 0.290 e. The Bertz CT molecular complexity index is 898. The molecule has 4 atom stereocenters. The van der Waals surface area contributed by atoms with E-state index in [9.17, 15) is 9.59 Å². The van der Waals surface area contributed by atoms with E-state index < -0.39 is 6.04 Å². The molecule has 1 aliphatic carbocycles. The smallest absolute Gasteiger partial charge is 0.290 e. The minimum Gasteiger partial charge on any atom is -0.493 e. The summed E-state index contributed by atoms with van der Waals surface area (Å²) in [7, 11) is 4.66. The van der Waals surface area contributed by atoms with Crippen LogP contribution in [0.5, 0.6) is 17.2 Å². The Hall–Kier alpha value is -2.70. The summed E-state index contributed by atoms with van der Waals surface area (Å²) in [4.78, 5) is 28.8. The van der Waals surface area contributed by atoms with Gasteiger partial charge in [0.05, 0.1) is 38.9 Å². The molecular weight excluding hydrogens is 398 g/mol. The summed E-state index contributed by atoms with van der Waals surface area (Å²) in [6.45, 7) is 4.71. The van der Waals surface area contributed by atoms with E-state index >= 15 is 0 Å². The van der Waals surface area contributed by atoms with E-state index in [1.165, 1.54) is 0 Å². The molecule has 3 aliphatic rings. The van der Waals surface area contributed by atoms with E-state index in [2.05, 4.69) is 6.92 Å². The van der Waals surface area contributed by atoms with Crippen molar-refractivity contribution >= 4 is 11.7 Å². The number of Topliss-reactive ketones (excluding diaryl/α,β-unsaturated/α-hetero) is 1. The molecule has 0 radical (unpaired) electrons. The molecule has 0 aromatic heterocycles. The molecule has 1 aromatic rings. The second kappa shape index (κ2) is 8.44. The molecule has 0 spiro atoms. The van der Waals surface area contributed by atoms with Crippen LogP contribution in [0.1, 0.15) is 51.1 Å². The number of ketones is 1. The van der Waals surface area contributed by atoms with Gasteiger partial charge in [0.2, 0.25) is 5.75 Å². The lowest BCUT2D eigenvalue weighted by Gasteiger charge is -2.37. The largest absolute Gasteiger partial charge is 0.493 e. The molecule has 0 saturated heterocycles. The Morgan fingerprint density at radius 1 is 1.06 bits per heavy atom. The predicted octanol–water partition coefficient (Wildman–Crippen LogP) is 3.66. The first-order valence-electron chi connectivity index (χ1n) is 11.0. The third-order valence-electron chi connectivity index (χ3n) is 6.67. The van der Waals surface area contributed by atoms with Crippen LogP contribution >= 0.6 is 0 Å². The number of benzene rings is 1. The van der Waals surface area contributed by atoms with Crippen LogP contribution < -0.4 is 14.2 Å². The van der Waals surface area contributed by atoms with Gasteiger partial charge in [0.1, 0.15) is 6.10 Å². The molecular formula is C24H31NO6. The quantitative estimate of drug-likeness (QED) is 0.687. The highest BCUT2D eigenvalue weighted by atomic mass is 16.5. The van der Waals surface area contributed by atoms with Crippen LogP contribution in [0.4, 0.5) is 0 Å². The Balaban J connectivity index is 1.84. The van der Waals surface area contributed by atoms with Gasteiger partial charge in [-0.15, -0.1) is 0 Å². The zero-order valence-electron chi connectivity index (χ0n) is 18.9. The first-order chi connectivity index (χ1) is 14.9. The maximum absolute atomic E-state index is 13.7. The molecule has 0 N–H and O–H groups in total. The highest BCUT2D eigenvalue weighted by Gasteiger charge is 2.52. The monoisotopic (exact) mass is 429 g/mol. The summed E-state index contributed by atoms with van der Waals surface area (Å²) in [5.41, 5.74) is 1.23. The molecule has 1 aromatic carbocycles. The zero-order chi connectivity index (χ0) is 22.3. The van der Waals surface area contributed by atoms with Gasteiger partial charge in [0.25, 0.3) is 5.91 Å². The van der Waals surface area contributed by atoms with E-state index in [1.807, 2.05) is 19.1 Å². The number of carbonyl (C=O) groups is 2. The van der Waals surface area contributed by atoms with Crippen LogP contribution in [0, 0.1) is 11.8 Å². The van der Waals surface area contributed by atoms with Crippen LogP contribution in [0.2, 0.25) is 0 Å². The standard InChI is InChI=1S/C24H31NO6/c1-6-9-25-20(14-11-17(28-3)22(30-5)18(12-14)29-4)19-21(26)15-10-13(2)7-8-16(15)31-23(19)24(25)27/h11-13,15-16,20H,6-10H2,1-5H3. The van der Waals surface area contributed by atoms with Gasteiger partial charge < -0.3 is 23.8 Å². The number of rotatable bonds is 6. The van der Waals surface area contributed by atoms with Crippen molar-refractivity contribution in [3.05, 3.63) is 29.0 Å². The van der Waals surface area contributed by atoms with Gasteiger partial charge in [-0.05, 0) is 49.3 Å². The molecule has 7 heteroatoms. The van der Waals surface area contributed by atoms with Gasteiger partial charge in [-0.3, -0.25) is 9.59 Å². The van der Waals surface area contributed by atoms with Crippen LogP contribution in [0.25, 0.3) is 0 Å². The number of fused-ring (bicyclic) bond motifs is 1. The van der Waals surface area contributed by atoms with Crippen molar-refractivity contribution in [1.82, 2.24) is 4.90 Å². The minimum atomic E-state index is -0.526. The average molecular weight is 430 g/mol. The number of ether oxygens (including phenoxy) is 4. The van der Waals surface area contributed by atoms with Crippen molar-refractivity contribution in [2.45, 2.75) is 51.7 Å². The number of carbonyl (C=O) groups excluding carboxylic acids is 2. The third-order valence-corrected chi connectivity index (χ3v) is 6.67. The van der Waals surface area contributed by atoms with E-state index in [1.54, 1.807) is 26.2 Å². The lowest BCUT2D eigenvalue weighted by atomic mass is 9.74. The van der Waals surface area contributed by atoms with Crippen LogP contribution in [0.3, 0.4) is 0 Å². The normalized spacial score (nSPS) is 27.6. The molecule has 7 nitrogen and oxygen atoms in total. The highest BCUT2D eigenvalue weighted by molar-refractivity contribution is 6.11. The van der Waals surface area contributed by atoms with Gasteiger partial charge in [0, 0.05) is 6.54 Å². The van der Waals surface area contributed by atoms with Gasteiger partial charge >= 0.3 is 0 Å². The average Bonchev–Trinajstić information content (AvgIpc) is 3.05. The number of hydrogen-bond acceptors (Lipinski definition) is 6. The second-order valence-electron chi connectivity index (χ2n) is 8.65. The predicted molar refractivity (Wildman–Crippen MR) is 114 cm³/mol. The topological polar surface area (TPSA) is 74.3 Å². The number of amides is 1. The lowest BCUT2D eigenvalue weighted by Crippen LogP contribution is -2.41. The molecule has 0 bridgehead atoms. The Morgan fingerprint density at radius 3 is 2.32 bits per heavy atom. The van der Waals surface area contributed by atoms with Gasteiger partial charge in [-0.2, -0.15) is 0 Å². The fourth-order valence-electron chi connectivity index (χ4n) is 5.20. The summed E-state index contributed by atoms with van der Waals surface area (Å²) in [5.74, 6) is 1.80. The lowest BCUT2D eigenvalue weighted by molar-refractivity contribution is -0.136. The van der Waals surface area contributed by atoms with Crippen LogP contribution in [-0.2, 0) is 14.3 Å². The number of hydrogen-bond donors (Lipinski definition) is 0. The third kappa shape index (κ3) is 3.44. The van der Waals surface area contributed by atoms with E-state index in [-0.39, 0.29) is 29.5 Å².